The fourth-order valence-electron chi connectivity index (χ4n) is 2.73. The predicted octanol–water partition coefficient (Wildman–Crippen LogP) is 3.27. The molecule has 3 heterocycles. The van der Waals surface area contributed by atoms with Gasteiger partial charge in [-0.1, -0.05) is 27.7 Å². The normalized spacial score (nSPS) is 12.9. The number of hydrogen-bond acceptors (Lipinski definition) is 6. The van der Waals surface area contributed by atoms with Gasteiger partial charge in [0.15, 0.2) is 11.5 Å². The summed E-state index contributed by atoms with van der Waals surface area (Å²) in [6.07, 6.45) is 0.947. The molecule has 1 N–H and O–H groups in total. The van der Waals surface area contributed by atoms with E-state index in [2.05, 4.69) is 29.0 Å². The number of fused-ring (bicyclic) bond motifs is 1. The second-order valence-corrected chi connectivity index (χ2v) is 8.28. The number of amides is 1. The van der Waals surface area contributed by atoms with E-state index in [0.717, 1.165) is 10.7 Å². The maximum atomic E-state index is 12.9. The Morgan fingerprint density at radius 3 is 2.63 bits per heavy atom. The summed E-state index contributed by atoms with van der Waals surface area (Å²) >= 11 is 1.62. The van der Waals surface area contributed by atoms with Crippen molar-refractivity contribution >= 4 is 22.9 Å². The third kappa shape index (κ3) is 4.01. The van der Waals surface area contributed by atoms with Gasteiger partial charge in [-0.3, -0.25) is 9.20 Å². The van der Waals surface area contributed by atoms with Gasteiger partial charge in [0.05, 0.1) is 22.8 Å². The maximum absolute atomic E-state index is 12.9. The van der Waals surface area contributed by atoms with E-state index in [4.69, 9.17) is 0 Å². The zero-order valence-corrected chi connectivity index (χ0v) is 17.1. The Morgan fingerprint density at radius 2 is 2.00 bits per heavy atom. The molecule has 0 aromatic carbocycles. The molecule has 0 aliphatic rings. The molecule has 3 rings (SSSR count). The highest BCUT2D eigenvalue weighted by Gasteiger charge is 2.21. The van der Waals surface area contributed by atoms with Crippen LogP contribution in [0.5, 0.6) is 0 Å². The lowest BCUT2D eigenvalue weighted by atomic mass is 10.1. The van der Waals surface area contributed by atoms with Crippen molar-refractivity contribution in [2.45, 2.75) is 46.3 Å². The van der Waals surface area contributed by atoms with E-state index >= 15 is 0 Å². The molecule has 0 bridgehead atoms. The van der Waals surface area contributed by atoms with Crippen LogP contribution in [0.4, 0.5) is 0 Å². The zero-order valence-electron chi connectivity index (χ0n) is 16.2. The van der Waals surface area contributed by atoms with Crippen LogP contribution in [0, 0.1) is 5.92 Å². The number of nitrogens with zero attached hydrogens (tertiary/aromatic N) is 5. The lowest BCUT2D eigenvalue weighted by Gasteiger charge is -2.17. The topological polar surface area (TPSA) is 83.6 Å². The highest BCUT2D eigenvalue weighted by atomic mass is 32.1. The molecular weight excluding hydrogens is 362 g/mol. The molecule has 0 radical (unpaired) electrons. The molecule has 3 aromatic rings. The first-order valence-electron chi connectivity index (χ1n) is 9.00. The van der Waals surface area contributed by atoms with Gasteiger partial charge in [-0.25, -0.2) is 4.98 Å². The van der Waals surface area contributed by atoms with Crippen LogP contribution < -0.4 is 0 Å². The average molecular weight is 388 g/mol. The highest BCUT2D eigenvalue weighted by Crippen LogP contribution is 2.22. The minimum atomic E-state index is -0.743. The minimum absolute atomic E-state index is 0.000695. The Hall–Kier alpha value is -2.32. The van der Waals surface area contributed by atoms with Gasteiger partial charge < -0.3 is 10.0 Å². The number of aliphatic hydroxyl groups is 1. The molecule has 1 unspecified atom stereocenters. The van der Waals surface area contributed by atoms with Crippen molar-refractivity contribution in [1.29, 1.82) is 0 Å². The number of aliphatic hydroxyl groups excluding tert-OH is 1. The summed E-state index contributed by atoms with van der Waals surface area (Å²) in [4.78, 5) is 19.1. The molecule has 27 heavy (non-hydrogen) atoms. The van der Waals surface area contributed by atoms with Crippen molar-refractivity contribution in [2.24, 2.45) is 5.92 Å². The molecule has 3 aromatic heterocycles. The summed E-state index contributed by atoms with van der Waals surface area (Å²) in [5, 5.41) is 21.6. The highest BCUT2D eigenvalue weighted by molar-refractivity contribution is 7.09. The quantitative estimate of drug-likeness (QED) is 0.702. The van der Waals surface area contributed by atoms with E-state index in [1.165, 1.54) is 0 Å². The van der Waals surface area contributed by atoms with Gasteiger partial charge in [0.1, 0.15) is 6.10 Å². The standard InChI is InChI=1S/C19H25N5O2S/c1-11(2)16(25)17-22-21-15-7-6-13(8-24(15)17)19(26)23(5)9-14-10-27-18(20-14)12(3)4/h6-8,10-12,16,25H,9H2,1-5H3. The summed E-state index contributed by atoms with van der Waals surface area (Å²) < 4.78 is 1.69. The molecular formula is C19H25N5O2S. The Morgan fingerprint density at radius 1 is 1.26 bits per heavy atom. The summed E-state index contributed by atoms with van der Waals surface area (Å²) in [5.74, 6) is 0.707. The Kier molecular flexibility index (Phi) is 5.57. The molecule has 1 atom stereocenters. The van der Waals surface area contributed by atoms with E-state index < -0.39 is 6.10 Å². The van der Waals surface area contributed by atoms with Gasteiger partial charge in [0, 0.05) is 24.5 Å². The van der Waals surface area contributed by atoms with Gasteiger partial charge in [0.2, 0.25) is 0 Å². The van der Waals surface area contributed by atoms with Crippen molar-refractivity contribution in [3.8, 4) is 0 Å². The van der Waals surface area contributed by atoms with Crippen molar-refractivity contribution in [3.05, 3.63) is 45.8 Å². The van der Waals surface area contributed by atoms with Crippen LogP contribution in [-0.4, -0.2) is 42.5 Å². The third-order valence-corrected chi connectivity index (χ3v) is 5.58. The van der Waals surface area contributed by atoms with Crippen molar-refractivity contribution in [1.82, 2.24) is 24.5 Å². The van der Waals surface area contributed by atoms with E-state index in [1.54, 1.807) is 46.0 Å². The lowest BCUT2D eigenvalue weighted by Crippen LogP contribution is -2.26. The molecule has 0 fully saturated rings. The molecule has 0 aliphatic heterocycles. The van der Waals surface area contributed by atoms with Crippen LogP contribution in [-0.2, 0) is 6.54 Å². The first-order chi connectivity index (χ1) is 12.8. The second kappa shape index (κ2) is 7.74. The van der Waals surface area contributed by atoms with Crippen LogP contribution in [0.3, 0.4) is 0 Å². The fourth-order valence-corrected chi connectivity index (χ4v) is 3.56. The maximum Gasteiger partial charge on any atom is 0.255 e. The summed E-state index contributed by atoms with van der Waals surface area (Å²) in [6, 6.07) is 3.47. The van der Waals surface area contributed by atoms with Crippen LogP contribution >= 0.6 is 11.3 Å². The molecule has 7 nitrogen and oxygen atoms in total. The average Bonchev–Trinajstić information content (AvgIpc) is 3.26. The Labute approximate surface area is 162 Å². The number of thiazole rings is 1. The fraction of sp³-hybridized carbons (Fsp3) is 0.474. The number of carbonyl (C=O) groups is 1. The predicted molar refractivity (Wildman–Crippen MR) is 105 cm³/mol. The number of aromatic nitrogens is 4. The molecule has 8 heteroatoms. The molecule has 0 aliphatic carbocycles. The number of rotatable bonds is 6. The lowest BCUT2D eigenvalue weighted by molar-refractivity contribution is 0.0782. The number of carbonyl (C=O) groups excluding carboxylic acids is 1. The Bertz CT molecular complexity index is 947. The van der Waals surface area contributed by atoms with E-state index in [0.29, 0.717) is 29.5 Å². The van der Waals surface area contributed by atoms with Gasteiger partial charge >= 0.3 is 0 Å². The molecule has 0 saturated carbocycles. The first-order valence-corrected chi connectivity index (χ1v) is 9.88. The van der Waals surface area contributed by atoms with Gasteiger partial charge in [0.25, 0.3) is 5.91 Å². The minimum Gasteiger partial charge on any atom is -0.385 e. The molecule has 0 spiro atoms. The summed E-state index contributed by atoms with van der Waals surface area (Å²) in [5.41, 5.74) is 2.01. The number of hydrogen-bond donors (Lipinski definition) is 1. The van der Waals surface area contributed by atoms with E-state index in [9.17, 15) is 9.90 Å². The van der Waals surface area contributed by atoms with Crippen LogP contribution in [0.2, 0.25) is 0 Å². The van der Waals surface area contributed by atoms with Crippen molar-refractivity contribution in [2.75, 3.05) is 7.05 Å². The van der Waals surface area contributed by atoms with Crippen LogP contribution in [0.25, 0.3) is 5.65 Å². The number of pyridine rings is 1. The van der Waals surface area contributed by atoms with E-state index in [1.807, 2.05) is 19.2 Å². The van der Waals surface area contributed by atoms with Crippen molar-refractivity contribution < 1.29 is 9.90 Å². The SMILES string of the molecule is CC(C)c1nc(CN(C)C(=O)c2ccc3nnc(C(O)C(C)C)n3c2)cs1. The molecule has 0 saturated heterocycles. The largest absolute Gasteiger partial charge is 0.385 e. The third-order valence-electron chi connectivity index (χ3n) is 4.38. The second-order valence-electron chi connectivity index (χ2n) is 7.39. The van der Waals surface area contributed by atoms with Gasteiger partial charge in [-0.2, -0.15) is 0 Å². The monoisotopic (exact) mass is 387 g/mol. The molecule has 1 amide bonds. The van der Waals surface area contributed by atoms with Crippen LogP contribution in [0.15, 0.2) is 23.7 Å². The van der Waals surface area contributed by atoms with E-state index in [-0.39, 0.29) is 11.8 Å². The summed E-state index contributed by atoms with van der Waals surface area (Å²) in [7, 11) is 1.76. The Balaban J connectivity index is 1.82. The smallest absolute Gasteiger partial charge is 0.255 e. The van der Waals surface area contributed by atoms with Gasteiger partial charge in [-0.05, 0) is 18.1 Å². The van der Waals surface area contributed by atoms with Gasteiger partial charge in [-0.15, -0.1) is 21.5 Å². The first kappa shape index (κ1) is 19.4. The van der Waals surface area contributed by atoms with Crippen molar-refractivity contribution in [3.63, 3.8) is 0 Å². The summed E-state index contributed by atoms with van der Waals surface area (Å²) in [6.45, 7) is 8.48. The van der Waals surface area contributed by atoms with Crippen LogP contribution in [0.1, 0.15) is 66.6 Å². The zero-order chi connectivity index (χ0) is 19.7. The molecule has 144 valence electrons.